The van der Waals surface area contributed by atoms with Crippen LogP contribution in [0.1, 0.15) is 47.0 Å². The molecule has 0 aromatic carbocycles. The summed E-state index contributed by atoms with van der Waals surface area (Å²) in [5.74, 6) is 0.449. The zero-order valence-corrected chi connectivity index (χ0v) is 12.5. The minimum atomic E-state index is -0.498. The molecule has 18 heavy (non-hydrogen) atoms. The van der Waals surface area contributed by atoms with E-state index in [0.717, 1.165) is 6.42 Å². The van der Waals surface area contributed by atoms with Crippen molar-refractivity contribution >= 4 is 5.91 Å². The third kappa shape index (κ3) is 10.5. The van der Waals surface area contributed by atoms with Crippen LogP contribution in [0.4, 0.5) is 0 Å². The van der Waals surface area contributed by atoms with Crippen LogP contribution in [-0.4, -0.2) is 37.4 Å². The van der Waals surface area contributed by atoms with Gasteiger partial charge in [-0.05, 0) is 24.2 Å². The van der Waals surface area contributed by atoms with E-state index in [2.05, 4.69) is 33.0 Å². The molecule has 1 amide bonds. The molecule has 0 aromatic rings. The zero-order chi connectivity index (χ0) is 14.2. The Kier molecular flexibility index (Phi) is 8.20. The van der Waals surface area contributed by atoms with Crippen molar-refractivity contribution in [2.24, 2.45) is 11.3 Å². The molecule has 0 aliphatic carbocycles. The van der Waals surface area contributed by atoms with Crippen molar-refractivity contribution in [1.29, 1.82) is 0 Å². The van der Waals surface area contributed by atoms with Crippen molar-refractivity contribution in [3.8, 4) is 0 Å². The fourth-order valence-electron chi connectivity index (χ4n) is 2.16. The molecule has 0 aromatic heterocycles. The van der Waals surface area contributed by atoms with E-state index in [0.29, 0.717) is 31.9 Å². The van der Waals surface area contributed by atoms with Crippen LogP contribution in [0.2, 0.25) is 0 Å². The zero-order valence-electron chi connectivity index (χ0n) is 12.5. The van der Waals surface area contributed by atoms with Crippen LogP contribution in [0.25, 0.3) is 0 Å². The normalized spacial score (nSPS) is 15.2. The fourth-order valence-corrected chi connectivity index (χ4v) is 2.16. The summed E-state index contributed by atoms with van der Waals surface area (Å²) < 4.78 is 4.82. The molecule has 0 rings (SSSR count). The number of ether oxygens (including phenoxy) is 1. The van der Waals surface area contributed by atoms with E-state index in [1.165, 1.54) is 0 Å². The predicted molar refractivity (Wildman–Crippen MR) is 73.4 cm³/mol. The first-order valence-corrected chi connectivity index (χ1v) is 6.68. The topological polar surface area (TPSA) is 58.6 Å². The minimum absolute atomic E-state index is 0.0661. The van der Waals surface area contributed by atoms with Gasteiger partial charge in [-0.3, -0.25) is 4.79 Å². The van der Waals surface area contributed by atoms with Gasteiger partial charge < -0.3 is 15.2 Å². The number of methoxy groups -OCH3 is 1. The van der Waals surface area contributed by atoms with Gasteiger partial charge in [0.2, 0.25) is 5.91 Å². The van der Waals surface area contributed by atoms with Crippen molar-refractivity contribution < 1.29 is 14.6 Å². The van der Waals surface area contributed by atoms with Crippen LogP contribution in [0.15, 0.2) is 0 Å². The summed E-state index contributed by atoms with van der Waals surface area (Å²) in [6.45, 7) is 9.47. The number of aliphatic hydroxyl groups excluding tert-OH is 1. The molecule has 2 unspecified atom stereocenters. The number of carbonyl (C=O) groups is 1. The quantitative estimate of drug-likeness (QED) is 0.700. The maximum Gasteiger partial charge on any atom is 0.220 e. The average Bonchev–Trinajstić information content (AvgIpc) is 2.14. The molecule has 0 radical (unpaired) electrons. The first-order chi connectivity index (χ1) is 8.24. The Morgan fingerprint density at radius 2 is 2.00 bits per heavy atom. The summed E-state index contributed by atoms with van der Waals surface area (Å²) in [5, 5.41) is 12.3. The molecule has 108 valence electrons. The highest BCUT2D eigenvalue weighted by Crippen LogP contribution is 2.25. The molecule has 2 N–H and O–H groups in total. The third-order valence-corrected chi connectivity index (χ3v) is 2.65. The van der Waals surface area contributed by atoms with Crippen LogP contribution in [0.5, 0.6) is 0 Å². The van der Waals surface area contributed by atoms with E-state index in [9.17, 15) is 9.90 Å². The number of rotatable bonds is 8. The number of aliphatic hydroxyl groups is 1. The number of hydrogen-bond donors (Lipinski definition) is 2. The van der Waals surface area contributed by atoms with Crippen molar-refractivity contribution in [1.82, 2.24) is 5.32 Å². The predicted octanol–water partition coefficient (Wildman–Crippen LogP) is 1.96. The maximum absolute atomic E-state index is 11.7. The second-order valence-corrected chi connectivity index (χ2v) is 6.32. The summed E-state index contributed by atoms with van der Waals surface area (Å²) in [4.78, 5) is 11.7. The largest absolute Gasteiger partial charge is 0.391 e. The SMILES string of the molecule is COCC(O)CCNC(=O)CC(C)CC(C)(C)C. The molecule has 0 saturated carbocycles. The highest BCUT2D eigenvalue weighted by Gasteiger charge is 2.17. The molecule has 0 aliphatic heterocycles. The first kappa shape index (κ1) is 17.4. The lowest BCUT2D eigenvalue weighted by Gasteiger charge is -2.22. The van der Waals surface area contributed by atoms with Gasteiger partial charge in [0, 0.05) is 20.1 Å². The maximum atomic E-state index is 11.7. The summed E-state index contributed by atoms with van der Waals surface area (Å²) in [7, 11) is 1.55. The van der Waals surface area contributed by atoms with Crippen LogP contribution in [0, 0.1) is 11.3 Å². The third-order valence-electron chi connectivity index (χ3n) is 2.65. The van der Waals surface area contributed by atoms with Gasteiger partial charge >= 0.3 is 0 Å². The van der Waals surface area contributed by atoms with Crippen LogP contribution < -0.4 is 5.32 Å². The molecule has 4 heteroatoms. The lowest BCUT2D eigenvalue weighted by atomic mass is 9.84. The molecule has 0 spiro atoms. The van der Waals surface area contributed by atoms with Gasteiger partial charge in [-0.1, -0.05) is 27.7 Å². The first-order valence-electron chi connectivity index (χ1n) is 6.68. The minimum Gasteiger partial charge on any atom is -0.391 e. The Morgan fingerprint density at radius 1 is 1.39 bits per heavy atom. The molecule has 0 fully saturated rings. The van der Waals surface area contributed by atoms with E-state index < -0.39 is 6.10 Å². The Bertz CT molecular complexity index is 236. The lowest BCUT2D eigenvalue weighted by molar-refractivity contribution is -0.122. The number of amides is 1. The standard InChI is InChI=1S/C14H29NO3/c1-11(9-14(2,3)4)8-13(17)15-7-6-12(16)10-18-5/h11-12,16H,6-10H2,1-5H3,(H,15,17). The molecule has 0 aliphatic rings. The molecule has 4 nitrogen and oxygen atoms in total. The molecule has 0 heterocycles. The number of hydrogen-bond acceptors (Lipinski definition) is 3. The monoisotopic (exact) mass is 259 g/mol. The van der Waals surface area contributed by atoms with E-state index in [1.54, 1.807) is 7.11 Å². The number of nitrogens with one attached hydrogen (secondary N) is 1. The molecule has 0 saturated heterocycles. The fraction of sp³-hybridized carbons (Fsp3) is 0.929. The number of carbonyl (C=O) groups excluding carboxylic acids is 1. The summed E-state index contributed by atoms with van der Waals surface area (Å²) in [5.41, 5.74) is 0.258. The van der Waals surface area contributed by atoms with Gasteiger partial charge in [-0.2, -0.15) is 0 Å². The van der Waals surface area contributed by atoms with Crippen LogP contribution in [0.3, 0.4) is 0 Å². The second-order valence-electron chi connectivity index (χ2n) is 6.32. The van der Waals surface area contributed by atoms with Crippen molar-refractivity contribution in [2.75, 3.05) is 20.3 Å². The van der Waals surface area contributed by atoms with Crippen LogP contribution in [-0.2, 0) is 9.53 Å². The van der Waals surface area contributed by atoms with Crippen LogP contribution >= 0.6 is 0 Å². The van der Waals surface area contributed by atoms with Gasteiger partial charge in [0.05, 0.1) is 12.7 Å². The van der Waals surface area contributed by atoms with Crippen molar-refractivity contribution in [3.63, 3.8) is 0 Å². The Balaban J connectivity index is 3.71. The summed E-state index contributed by atoms with van der Waals surface area (Å²) in [6, 6.07) is 0. The average molecular weight is 259 g/mol. The molecule has 0 bridgehead atoms. The Hall–Kier alpha value is -0.610. The van der Waals surface area contributed by atoms with Gasteiger partial charge in [-0.15, -0.1) is 0 Å². The van der Waals surface area contributed by atoms with E-state index in [-0.39, 0.29) is 11.3 Å². The Morgan fingerprint density at radius 3 is 2.50 bits per heavy atom. The van der Waals surface area contributed by atoms with E-state index in [1.807, 2.05) is 0 Å². The molecular weight excluding hydrogens is 230 g/mol. The van der Waals surface area contributed by atoms with Crippen molar-refractivity contribution in [3.05, 3.63) is 0 Å². The molecule has 2 atom stereocenters. The van der Waals surface area contributed by atoms with Gasteiger partial charge in [-0.25, -0.2) is 0 Å². The van der Waals surface area contributed by atoms with E-state index >= 15 is 0 Å². The van der Waals surface area contributed by atoms with Crippen molar-refractivity contribution in [2.45, 2.75) is 53.1 Å². The smallest absolute Gasteiger partial charge is 0.220 e. The highest BCUT2D eigenvalue weighted by molar-refractivity contribution is 5.76. The second kappa shape index (κ2) is 8.48. The summed E-state index contributed by atoms with van der Waals surface area (Å²) >= 11 is 0. The molecular formula is C14H29NO3. The Labute approximate surface area is 111 Å². The van der Waals surface area contributed by atoms with Gasteiger partial charge in [0.25, 0.3) is 0 Å². The lowest BCUT2D eigenvalue weighted by Crippen LogP contribution is -2.30. The highest BCUT2D eigenvalue weighted by atomic mass is 16.5. The van der Waals surface area contributed by atoms with E-state index in [4.69, 9.17) is 4.74 Å². The van der Waals surface area contributed by atoms with Gasteiger partial charge in [0.15, 0.2) is 0 Å². The summed E-state index contributed by atoms with van der Waals surface area (Å²) in [6.07, 6.45) is 1.62. The van der Waals surface area contributed by atoms with Gasteiger partial charge in [0.1, 0.15) is 0 Å².